The van der Waals surface area contributed by atoms with Gasteiger partial charge in [-0.2, -0.15) is 4.31 Å². The van der Waals surface area contributed by atoms with Gasteiger partial charge in [0.25, 0.3) is 5.69 Å². The lowest BCUT2D eigenvalue weighted by atomic mass is 9.93. The van der Waals surface area contributed by atoms with Gasteiger partial charge in [-0.3, -0.25) is 10.1 Å². The van der Waals surface area contributed by atoms with Crippen molar-refractivity contribution in [3.63, 3.8) is 0 Å². The van der Waals surface area contributed by atoms with Crippen molar-refractivity contribution in [2.45, 2.75) is 17.9 Å². The van der Waals surface area contributed by atoms with E-state index in [0.29, 0.717) is 12.2 Å². The van der Waals surface area contributed by atoms with E-state index >= 15 is 0 Å². The number of hydrogen-bond donors (Lipinski definition) is 1. The summed E-state index contributed by atoms with van der Waals surface area (Å²) in [5, 5.41) is 12.5. The van der Waals surface area contributed by atoms with Crippen molar-refractivity contribution in [3.05, 3.63) is 88.1 Å². The summed E-state index contributed by atoms with van der Waals surface area (Å²) in [6, 6.07) is 19.1. The number of nitrogens with zero attached hydrogens (tertiary/aromatic N) is 2. The van der Waals surface area contributed by atoms with Crippen LogP contribution in [0, 0.1) is 10.1 Å². The summed E-state index contributed by atoms with van der Waals surface area (Å²) >= 11 is 0. The lowest BCUT2D eigenvalue weighted by molar-refractivity contribution is -0.387. The molecule has 0 amide bonds. The maximum absolute atomic E-state index is 13.6. The van der Waals surface area contributed by atoms with Crippen molar-refractivity contribution in [2.24, 2.45) is 0 Å². The highest BCUT2D eigenvalue weighted by molar-refractivity contribution is 7.89. The minimum absolute atomic E-state index is 0.0733. The molecule has 168 valence electrons. The first-order valence-corrected chi connectivity index (χ1v) is 11.8. The number of fused-ring (bicyclic) bond motifs is 5. The zero-order valence-corrected chi connectivity index (χ0v) is 18.6. The van der Waals surface area contributed by atoms with Crippen LogP contribution in [0.25, 0.3) is 22.0 Å². The van der Waals surface area contributed by atoms with Crippen LogP contribution < -0.4 is 4.74 Å². The largest absolute Gasteiger partial charge is 0.497 e. The number of benzene rings is 3. The number of para-hydroxylation sites is 2. The Labute approximate surface area is 190 Å². The van der Waals surface area contributed by atoms with Crippen molar-refractivity contribution in [1.29, 1.82) is 0 Å². The van der Waals surface area contributed by atoms with Crippen LogP contribution in [0.5, 0.6) is 5.75 Å². The molecule has 1 aliphatic heterocycles. The van der Waals surface area contributed by atoms with E-state index in [1.165, 1.54) is 28.6 Å². The fourth-order valence-corrected chi connectivity index (χ4v) is 6.01. The third-order valence-corrected chi connectivity index (χ3v) is 7.90. The molecule has 0 saturated heterocycles. The molecule has 0 unspecified atom stereocenters. The summed E-state index contributed by atoms with van der Waals surface area (Å²) < 4.78 is 34.0. The molecule has 0 bridgehead atoms. The highest BCUT2D eigenvalue weighted by Crippen LogP contribution is 2.39. The van der Waals surface area contributed by atoms with Gasteiger partial charge in [-0.25, -0.2) is 8.42 Å². The summed E-state index contributed by atoms with van der Waals surface area (Å²) in [5.41, 5.74) is 4.11. The number of rotatable bonds is 4. The fraction of sp³-hybridized carbons (Fsp3) is 0.167. The summed E-state index contributed by atoms with van der Waals surface area (Å²) in [6.07, 6.45) is 0.436. The summed E-state index contributed by atoms with van der Waals surface area (Å²) in [5.74, 6) is 0.684. The lowest BCUT2D eigenvalue weighted by Gasteiger charge is -2.26. The van der Waals surface area contributed by atoms with Gasteiger partial charge in [-0.15, -0.1) is 0 Å². The molecule has 33 heavy (non-hydrogen) atoms. The van der Waals surface area contributed by atoms with Gasteiger partial charge >= 0.3 is 0 Å². The molecule has 5 rings (SSSR count). The summed E-state index contributed by atoms with van der Waals surface area (Å²) in [6.45, 7) is 0.243. The first-order valence-electron chi connectivity index (χ1n) is 10.4. The number of hydrogen-bond acceptors (Lipinski definition) is 5. The van der Waals surface area contributed by atoms with Crippen LogP contribution in [0.3, 0.4) is 0 Å². The van der Waals surface area contributed by atoms with Crippen LogP contribution >= 0.6 is 0 Å². The maximum atomic E-state index is 13.6. The fourth-order valence-electron chi connectivity index (χ4n) is 4.44. The van der Waals surface area contributed by atoms with E-state index < -0.39 is 20.6 Å². The van der Waals surface area contributed by atoms with Crippen molar-refractivity contribution in [2.75, 3.05) is 13.7 Å². The summed E-state index contributed by atoms with van der Waals surface area (Å²) in [4.78, 5) is 13.9. The molecular weight excluding hydrogens is 442 g/mol. The zero-order valence-electron chi connectivity index (χ0n) is 17.8. The van der Waals surface area contributed by atoms with E-state index in [4.69, 9.17) is 4.74 Å². The lowest BCUT2D eigenvalue weighted by Crippen LogP contribution is -2.34. The minimum atomic E-state index is -4.14. The zero-order chi connectivity index (χ0) is 23.2. The molecular formula is C24H21N3O5S. The van der Waals surface area contributed by atoms with Gasteiger partial charge in [-0.05, 0) is 41.8 Å². The van der Waals surface area contributed by atoms with Crippen LogP contribution in [-0.2, 0) is 23.0 Å². The van der Waals surface area contributed by atoms with E-state index in [0.717, 1.165) is 33.3 Å². The number of aromatic amines is 1. The smallest absolute Gasteiger partial charge is 0.289 e. The Balaban J connectivity index is 1.70. The Morgan fingerprint density at radius 1 is 1.06 bits per heavy atom. The topological polar surface area (TPSA) is 106 Å². The molecule has 0 saturated carbocycles. The molecule has 0 aliphatic carbocycles. The quantitative estimate of drug-likeness (QED) is 0.354. The van der Waals surface area contributed by atoms with Gasteiger partial charge in [0.05, 0.1) is 18.6 Å². The van der Waals surface area contributed by atoms with Crippen LogP contribution in [0.4, 0.5) is 5.69 Å². The van der Waals surface area contributed by atoms with Crippen LogP contribution in [0.1, 0.15) is 11.3 Å². The Hall–Kier alpha value is -3.69. The van der Waals surface area contributed by atoms with Crippen LogP contribution in [-0.4, -0.2) is 36.3 Å². The third kappa shape index (κ3) is 3.55. The van der Waals surface area contributed by atoms with Gasteiger partial charge in [-0.1, -0.05) is 36.4 Å². The van der Waals surface area contributed by atoms with Crippen molar-refractivity contribution < 1.29 is 18.1 Å². The third-order valence-electron chi connectivity index (χ3n) is 6.01. The van der Waals surface area contributed by atoms with E-state index in [9.17, 15) is 18.5 Å². The predicted octanol–water partition coefficient (Wildman–Crippen LogP) is 4.50. The molecule has 1 aliphatic rings. The first kappa shape index (κ1) is 21.2. The summed E-state index contributed by atoms with van der Waals surface area (Å²) in [7, 11) is -2.54. The Morgan fingerprint density at radius 2 is 1.82 bits per heavy atom. The van der Waals surface area contributed by atoms with Crippen molar-refractivity contribution in [3.8, 4) is 16.9 Å². The average molecular weight is 464 g/mol. The molecule has 8 nitrogen and oxygen atoms in total. The number of H-pyrrole nitrogens is 1. The number of nitrogens with one attached hydrogen (secondary N) is 1. The number of ether oxygens (including phenoxy) is 1. The number of nitro groups is 1. The van der Waals surface area contributed by atoms with Gasteiger partial charge in [0.1, 0.15) is 5.75 Å². The second-order valence-electron chi connectivity index (χ2n) is 7.86. The molecule has 0 fully saturated rings. The molecule has 0 radical (unpaired) electrons. The minimum Gasteiger partial charge on any atom is -0.497 e. The second-order valence-corrected chi connectivity index (χ2v) is 9.77. The monoisotopic (exact) mass is 463 g/mol. The van der Waals surface area contributed by atoms with Gasteiger partial charge < -0.3 is 9.72 Å². The first-order chi connectivity index (χ1) is 15.9. The standard InChI is InChI=1S/C24H21N3O5S/c1-32-17-10-11-18-16(14-17)12-13-26(15-21-24(18)19-6-2-3-7-20(19)25-21)33(30,31)23-9-5-4-8-22(23)27(28)29/h2-11,14,25H,12-13,15H2,1H3. The molecule has 1 aromatic heterocycles. The Kier molecular flexibility index (Phi) is 5.15. The highest BCUT2D eigenvalue weighted by Gasteiger charge is 2.33. The predicted molar refractivity (Wildman–Crippen MR) is 125 cm³/mol. The number of sulfonamides is 1. The van der Waals surface area contributed by atoms with E-state index in [1.807, 2.05) is 42.5 Å². The second kappa shape index (κ2) is 8.02. The number of nitro benzene ring substituents is 1. The highest BCUT2D eigenvalue weighted by atomic mass is 32.2. The van der Waals surface area contributed by atoms with E-state index in [2.05, 4.69) is 4.98 Å². The van der Waals surface area contributed by atoms with E-state index in [1.54, 1.807) is 7.11 Å². The maximum Gasteiger partial charge on any atom is 0.289 e. The van der Waals surface area contributed by atoms with Crippen LogP contribution in [0.15, 0.2) is 71.6 Å². The van der Waals surface area contributed by atoms with Crippen molar-refractivity contribution >= 4 is 26.6 Å². The molecule has 9 heteroatoms. The van der Waals surface area contributed by atoms with E-state index in [-0.39, 0.29) is 18.0 Å². The number of methoxy groups -OCH3 is 1. The SMILES string of the molecule is COc1ccc2c(c1)CCN(S(=O)(=O)c1ccccc1[N+](=O)[O-])Cc1[nH]c3ccccc3c1-2. The molecule has 2 heterocycles. The molecule has 0 atom stereocenters. The molecule has 0 spiro atoms. The van der Waals surface area contributed by atoms with Crippen LogP contribution in [0.2, 0.25) is 0 Å². The molecule has 4 aromatic rings. The Morgan fingerprint density at radius 3 is 2.61 bits per heavy atom. The van der Waals surface area contributed by atoms with Gasteiger partial charge in [0.2, 0.25) is 10.0 Å². The Bertz CT molecular complexity index is 1490. The normalized spacial score (nSPS) is 14.2. The molecule has 1 N–H and O–H groups in total. The van der Waals surface area contributed by atoms with Gasteiger partial charge in [0, 0.05) is 34.8 Å². The van der Waals surface area contributed by atoms with Crippen molar-refractivity contribution in [1.82, 2.24) is 9.29 Å². The number of aromatic nitrogens is 1. The average Bonchev–Trinajstić information content (AvgIpc) is 3.17. The van der Waals surface area contributed by atoms with Gasteiger partial charge in [0.15, 0.2) is 4.90 Å². The molecule has 3 aromatic carbocycles.